The second kappa shape index (κ2) is 4.60. The summed E-state index contributed by atoms with van der Waals surface area (Å²) in [5.74, 6) is 0. The van der Waals surface area contributed by atoms with E-state index in [2.05, 4.69) is 37.3 Å². The molecule has 0 fully saturated rings. The minimum Gasteiger partial charge on any atom is -0.323 e. The van der Waals surface area contributed by atoms with Crippen molar-refractivity contribution in [1.29, 1.82) is 5.26 Å². The van der Waals surface area contributed by atoms with Crippen molar-refractivity contribution >= 4 is 8.24 Å². The summed E-state index contributed by atoms with van der Waals surface area (Å²) in [6.07, 6.45) is 0. The van der Waals surface area contributed by atoms with E-state index >= 15 is 0 Å². The first-order valence-corrected chi connectivity index (χ1v) is 8.58. The molecule has 3 heteroatoms. The van der Waals surface area contributed by atoms with Crippen LogP contribution in [-0.4, -0.2) is 19.8 Å². The lowest BCUT2D eigenvalue weighted by Gasteiger charge is -2.29. The van der Waals surface area contributed by atoms with Crippen LogP contribution in [0.15, 0.2) is 24.3 Å². The number of hydrogen-bond acceptors (Lipinski definition) is 2. The van der Waals surface area contributed by atoms with E-state index in [1.54, 1.807) is 0 Å². The summed E-state index contributed by atoms with van der Waals surface area (Å²) in [5.41, 5.74) is 2.01. The Balaban J connectivity index is 2.70. The highest BCUT2D eigenvalue weighted by molar-refractivity contribution is 6.73. The smallest absolute Gasteiger partial charge is 0.119 e. The highest BCUT2D eigenvalue weighted by Crippen LogP contribution is 2.12. The van der Waals surface area contributed by atoms with Crippen molar-refractivity contribution in [3.8, 4) is 6.07 Å². The predicted molar refractivity (Wildman–Crippen MR) is 66.0 cm³/mol. The van der Waals surface area contributed by atoms with Gasteiger partial charge in [0.1, 0.15) is 8.24 Å². The number of rotatable bonds is 3. The molecule has 0 atom stereocenters. The van der Waals surface area contributed by atoms with Crippen LogP contribution in [0.5, 0.6) is 0 Å². The molecule has 0 aliphatic rings. The second-order valence-electron chi connectivity index (χ2n) is 4.84. The fourth-order valence-corrected chi connectivity index (χ4v) is 1.85. The van der Waals surface area contributed by atoms with Gasteiger partial charge in [-0.15, -0.1) is 0 Å². The number of hydrogen-bond donors (Lipinski definition) is 0. The van der Waals surface area contributed by atoms with Gasteiger partial charge in [0.2, 0.25) is 0 Å². The highest BCUT2D eigenvalue weighted by atomic mass is 28.3. The molecule has 1 aromatic rings. The van der Waals surface area contributed by atoms with Crippen molar-refractivity contribution in [2.45, 2.75) is 26.2 Å². The zero-order valence-electron chi connectivity index (χ0n) is 9.91. The Morgan fingerprint density at radius 3 is 2.13 bits per heavy atom. The Kier molecular flexibility index (Phi) is 3.67. The van der Waals surface area contributed by atoms with Crippen molar-refractivity contribution in [3.63, 3.8) is 0 Å². The summed E-state index contributed by atoms with van der Waals surface area (Å²) < 4.78 is 2.42. The second-order valence-corrected chi connectivity index (χ2v) is 9.94. The van der Waals surface area contributed by atoms with Gasteiger partial charge in [-0.1, -0.05) is 31.8 Å². The molecule has 0 unspecified atom stereocenters. The molecule has 0 bridgehead atoms. The Bertz CT molecular complexity index is 357. The molecule has 0 aliphatic carbocycles. The molecule has 2 nitrogen and oxygen atoms in total. The van der Waals surface area contributed by atoms with Crippen LogP contribution in [-0.2, 0) is 6.54 Å². The number of nitrogens with zero attached hydrogens (tertiary/aromatic N) is 2. The Morgan fingerprint density at radius 2 is 1.73 bits per heavy atom. The van der Waals surface area contributed by atoms with Gasteiger partial charge in [0.15, 0.2) is 0 Å². The fraction of sp³-hybridized carbons (Fsp3) is 0.417. The third-order valence-corrected chi connectivity index (χ3v) is 5.10. The number of nitriles is 1. The van der Waals surface area contributed by atoms with Crippen LogP contribution < -0.4 is 0 Å². The normalized spacial score (nSPS) is 11.5. The first-order valence-electron chi connectivity index (χ1n) is 5.14. The summed E-state index contributed by atoms with van der Waals surface area (Å²) >= 11 is 0. The molecule has 1 rings (SSSR count). The Morgan fingerprint density at radius 1 is 1.20 bits per heavy atom. The molecule has 0 saturated heterocycles. The van der Waals surface area contributed by atoms with E-state index in [-0.39, 0.29) is 0 Å². The largest absolute Gasteiger partial charge is 0.323 e. The van der Waals surface area contributed by atoms with Crippen molar-refractivity contribution in [2.75, 3.05) is 7.05 Å². The number of benzene rings is 1. The lowest BCUT2D eigenvalue weighted by atomic mass is 10.1. The quantitative estimate of drug-likeness (QED) is 0.729. The molecule has 0 saturated carbocycles. The Hall–Kier alpha value is -1.11. The van der Waals surface area contributed by atoms with Gasteiger partial charge in [-0.05, 0) is 24.7 Å². The zero-order chi connectivity index (χ0) is 11.5. The van der Waals surface area contributed by atoms with E-state index in [9.17, 15) is 0 Å². The molecule has 0 heterocycles. The fourth-order valence-electron chi connectivity index (χ4n) is 1.20. The van der Waals surface area contributed by atoms with E-state index in [1.807, 2.05) is 24.3 Å². The maximum atomic E-state index is 8.69. The van der Waals surface area contributed by atoms with Crippen LogP contribution in [0.1, 0.15) is 11.1 Å². The van der Waals surface area contributed by atoms with E-state index in [0.29, 0.717) is 0 Å². The van der Waals surface area contributed by atoms with Crippen LogP contribution in [0.4, 0.5) is 0 Å². The van der Waals surface area contributed by atoms with Crippen molar-refractivity contribution in [1.82, 2.24) is 4.57 Å². The molecule has 0 N–H and O–H groups in total. The first-order chi connectivity index (χ1) is 6.93. The molecule has 0 radical (unpaired) electrons. The molecule has 0 aromatic heterocycles. The first kappa shape index (κ1) is 12.0. The Labute approximate surface area is 93.2 Å². The monoisotopic (exact) mass is 218 g/mol. The molecule has 0 aliphatic heterocycles. The highest BCUT2D eigenvalue weighted by Gasteiger charge is 2.19. The molecule has 80 valence electrons. The van der Waals surface area contributed by atoms with Gasteiger partial charge >= 0.3 is 0 Å². The molecule has 1 aromatic carbocycles. The average molecular weight is 218 g/mol. The minimum absolute atomic E-state index is 0.731. The summed E-state index contributed by atoms with van der Waals surface area (Å²) in [5, 5.41) is 8.69. The van der Waals surface area contributed by atoms with Gasteiger partial charge in [-0.2, -0.15) is 5.26 Å². The van der Waals surface area contributed by atoms with Crippen molar-refractivity contribution < 1.29 is 0 Å². The van der Waals surface area contributed by atoms with Gasteiger partial charge < -0.3 is 4.57 Å². The van der Waals surface area contributed by atoms with E-state index in [1.165, 1.54) is 5.56 Å². The van der Waals surface area contributed by atoms with Crippen LogP contribution >= 0.6 is 0 Å². The molecule has 0 amide bonds. The summed E-state index contributed by atoms with van der Waals surface area (Å²) in [6.45, 7) is 7.96. The molecular formula is C12H18N2Si. The summed E-state index contributed by atoms with van der Waals surface area (Å²) in [4.78, 5) is 0. The van der Waals surface area contributed by atoms with Crippen molar-refractivity contribution in [2.24, 2.45) is 0 Å². The van der Waals surface area contributed by atoms with Crippen LogP contribution in [0.25, 0.3) is 0 Å². The van der Waals surface area contributed by atoms with Gasteiger partial charge in [0.05, 0.1) is 11.6 Å². The van der Waals surface area contributed by atoms with E-state index in [4.69, 9.17) is 5.26 Å². The minimum atomic E-state index is -1.20. The van der Waals surface area contributed by atoms with Gasteiger partial charge in [0.25, 0.3) is 0 Å². The van der Waals surface area contributed by atoms with Crippen LogP contribution in [0.2, 0.25) is 19.6 Å². The predicted octanol–water partition coefficient (Wildman–Crippen LogP) is 2.82. The average Bonchev–Trinajstić information content (AvgIpc) is 2.17. The molecular weight excluding hydrogens is 200 g/mol. The molecule has 0 spiro atoms. The third kappa shape index (κ3) is 3.50. The lowest BCUT2D eigenvalue weighted by Crippen LogP contribution is -2.42. The SMILES string of the molecule is CN(Cc1ccc(C#N)cc1)[Si](C)(C)C. The maximum Gasteiger partial charge on any atom is 0.119 e. The van der Waals surface area contributed by atoms with Crippen LogP contribution in [0, 0.1) is 11.3 Å². The van der Waals surface area contributed by atoms with Gasteiger partial charge in [-0.25, -0.2) is 0 Å². The van der Waals surface area contributed by atoms with Crippen molar-refractivity contribution in [3.05, 3.63) is 35.4 Å². The van der Waals surface area contributed by atoms with Gasteiger partial charge in [0, 0.05) is 6.54 Å². The third-order valence-electron chi connectivity index (χ3n) is 2.65. The van der Waals surface area contributed by atoms with Gasteiger partial charge in [-0.3, -0.25) is 0 Å². The standard InChI is InChI=1S/C12H18N2Si/c1-14(15(2,3)4)10-12-7-5-11(9-13)6-8-12/h5-8H,10H2,1-4H3. The zero-order valence-corrected chi connectivity index (χ0v) is 10.9. The summed E-state index contributed by atoms with van der Waals surface area (Å²) in [7, 11) is 0.974. The maximum absolute atomic E-state index is 8.69. The summed E-state index contributed by atoms with van der Waals surface area (Å²) in [6, 6.07) is 9.97. The topological polar surface area (TPSA) is 27.0 Å². The van der Waals surface area contributed by atoms with Crippen LogP contribution in [0.3, 0.4) is 0 Å². The lowest BCUT2D eigenvalue weighted by molar-refractivity contribution is 0.505. The van der Waals surface area contributed by atoms with E-state index in [0.717, 1.165) is 12.1 Å². The van der Waals surface area contributed by atoms with E-state index < -0.39 is 8.24 Å². The molecule has 15 heavy (non-hydrogen) atoms.